The maximum Gasteiger partial charge on any atom is 0.336 e. The van der Waals surface area contributed by atoms with E-state index in [9.17, 15) is 9.59 Å². The van der Waals surface area contributed by atoms with Crippen LogP contribution >= 0.6 is 0 Å². The molecule has 6 rings (SSSR count). The van der Waals surface area contributed by atoms with Crippen LogP contribution in [0.3, 0.4) is 0 Å². The number of rotatable bonds is 1. The van der Waals surface area contributed by atoms with Crippen LogP contribution in [0.4, 0.5) is 0 Å². The zero-order valence-corrected chi connectivity index (χ0v) is 17.0. The van der Waals surface area contributed by atoms with Gasteiger partial charge >= 0.3 is 5.63 Å². The first-order valence-electron chi connectivity index (χ1n) is 10.1. The molecule has 3 heterocycles. The molecule has 0 aliphatic rings. The second kappa shape index (κ2) is 6.19. The average Bonchev–Trinajstić information content (AvgIpc) is 3.11. The Morgan fingerprint density at radius 1 is 0.806 bits per heavy atom. The molecule has 0 spiro atoms. The molecule has 0 radical (unpaired) electrons. The number of nitrogens with zero attached hydrogens (tertiary/aromatic N) is 1. The van der Waals surface area contributed by atoms with Crippen molar-refractivity contribution in [1.82, 2.24) is 9.38 Å². The Kier molecular flexibility index (Phi) is 3.54. The molecule has 0 bridgehead atoms. The molecule has 5 nitrogen and oxygen atoms in total. The minimum atomic E-state index is -0.378. The molecule has 0 saturated carbocycles. The fourth-order valence-corrected chi connectivity index (χ4v) is 4.81. The Labute approximate surface area is 176 Å². The summed E-state index contributed by atoms with van der Waals surface area (Å²) in [7, 11) is 0. The molecule has 0 aliphatic carbocycles. The largest absolute Gasteiger partial charge is 0.423 e. The van der Waals surface area contributed by atoms with Gasteiger partial charge < -0.3 is 13.8 Å². The van der Waals surface area contributed by atoms with Gasteiger partial charge in [-0.2, -0.15) is 0 Å². The standard InChI is InChI=1S/C26H18N2O3/c1-14-13-20(29)31-19-12-15(2)24-23(21(14)19)22(16-8-4-3-5-9-16)25-26(30)27-17-10-6-7-11-18(17)28(24)25/h3-13H,1-2H3,(H,27,30). The summed E-state index contributed by atoms with van der Waals surface area (Å²) in [6, 6.07) is 21.1. The van der Waals surface area contributed by atoms with E-state index < -0.39 is 0 Å². The Morgan fingerprint density at radius 3 is 2.35 bits per heavy atom. The minimum absolute atomic E-state index is 0.156. The fraction of sp³-hybridized carbons (Fsp3) is 0.0769. The van der Waals surface area contributed by atoms with Gasteiger partial charge in [-0.1, -0.05) is 42.5 Å². The zero-order valence-electron chi connectivity index (χ0n) is 17.0. The predicted octanol–water partition coefficient (Wildman–Crippen LogP) is 5.32. The lowest BCUT2D eigenvalue weighted by atomic mass is 9.97. The third-order valence-electron chi connectivity index (χ3n) is 6.00. The van der Waals surface area contributed by atoms with Gasteiger partial charge in [0.15, 0.2) is 0 Å². The van der Waals surface area contributed by atoms with E-state index in [0.29, 0.717) is 11.1 Å². The summed E-state index contributed by atoms with van der Waals surface area (Å²) in [5, 5.41) is 1.77. The molecule has 0 saturated heterocycles. The van der Waals surface area contributed by atoms with Gasteiger partial charge in [0.25, 0.3) is 5.56 Å². The van der Waals surface area contributed by atoms with E-state index in [4.69, 9.17) is 4.42 Å². The maximum absolute atomic E-state index is 13.4. The van der Waals surface area contributed by atoms with Crippen LogP contribution in [0, 0.1) is 13.8 Å². The maximum atomic E-state index is 13.4. The summed E-state index contributed by atoms with van der Waals surface area (Å²) in [6.45, 7) is 3.90. The summed E-state index contributed by atoms with van der Waals surface area (Å²) in [4.78, 5) is 28.5. The molecule has 5 heteroatoms. The Morgan fingerprint density at radius 2 is 1.55 bits per heavy atom. The second-order valence-electron chi connectivity index (χ2n) is 7.93. The van der Waals surface area contributed by atoms with Crippen LogP contribution in [0.15, 0.2) is 80.7 Å². The topological polar surface area (TPSA) is 67.5 Å². The van der Waals surface area contributed by atoms with Gasteiger partial charge in [0.2, 0.25) is 0 Å². The van der Waals surface area contributed by atoms with Crippen LogP contribution < -0.4 is 11.2 Å². The summed E-state index contributed by atoms with van der Waals surface area (Å²) in [5.74, 6) is 0. The van der Waals surface area contributed by atoms with Crippen molar-refractivity contribution in [3.63, 3.8) is 0 Å². The first kappa shape index (κ1) is 17.7. The quantitative estimate of drug-likeness (QED) is 0.376. The highest BCUT2D eigenvalue weighted by atomic mass is 16.4. The molecule has 31 heavy (non-hydrogen) atoms. The van der Waals surface area contributed by atoms with Crippen LogP contribution in [0.5, 0.6) is 0 Å². The van der Waals surface area contributed by atoms with E-state index in [-0.39, 0.29) is 11.2 Å². The Bertz CT molecular complexity index is 1790. The van der Waals surface area contributed by atoms with Crippen molar-refractivity contribution in [2.75, 3.05) is 0 Å². The molecule has 150 valence electrons. The van der Waals surface area contributed by atoms with Gasteiger partial charge in [0.1, 0.15) is 11.1 Å². The van der Waals surface area contributed by atoms with E-state index in [1.165, 1.54) is 6.07 Å². The Balaban J connectivity index is 2.06. The van der Waals surface area contributed by atoms with Gasteiger partial charge in [-0.05, 0) is 48.7 Å². The van der Waals surface area contributed by atoms with Crippen molar-refractivity contribution in [2.45, 2.75) is 13.8 Å². The van der Waals surface area contributed by atoms with Crippen molar-refractivity contribution in [3.8, 4) is 11.1 Å². The number of H-pyrrole nitrogens is 1. The number of aryl methyl sites for hydroxylation is 2. The number of hydrogen-bond acceptors (Lipinski definition) is 3. The molecule has 6 aromatic rings. The summed E-state index contributed by atoms with van der Waals surface area (Å²) >= 11 is 0. The molecule has 0 atom stereocenters. The number of aromatic nitrogens is 2. The lowest BCUT2D eigenvalue weighted by Crippen LogP contribution is -2.10. The molecule has 0 unspecified atom stereocenters. The SMILES string of the molecule is Cc1cc(=O)oc2cc(C)c3c(c(-c4ccccc4)c4c(=O)[nH]c5ccccc5n43)c12. The predicted molar refractivity (Wildman–Crippen MR) is 124 cm³/mol. The monoisotopic (exact) mass is 406 g/mol. The van der Waals surface area contributed by atoms with Crippen LogP contribution in [-0.2, 0) is 0 Å². The van der Waals surface area contributed by atoms with Gasteiger partial charge in [0.05, 0.1) is 16.6 Å². The number of hydrogen-bond donors (Lipinski definition) is 1. The molecule has 0 amide bonds. The normalized spacial score (nSPS) is 11.8. The third kappa shape index (κ3) is 2.37. The zero-order chi connectivity index (χ0) is 21.3. The molecular formula is C26H18N2O3. The Hall–Kier alpha value is -4.12. The number of para-hydroxylation sites is 2. The highest BCUT2D eigenvalue weighted by Gasteiger charge is 2.23. The van der Waals surface area contributed by atoms with E-state index in [2.05, 4.69) is 4.98 Å². The number of fused-ring (bicyclic) bond motifs is 7. The van der Waals surface area contributed by atoms with Crippen molar-refractivity contribution < 1.29 is 4.42 Å². The van der Waals surface area contributed by atoms with Crippen LogP contribution in [0.25, 0.3) is 49.5 Å². The number of nitrogens with one attached hydrogen (secondary N) is 1. The van der Waals surface area contributed by atoms with Crippen molar-refractivity contribution in [3.05, 3.63) is 98.6 Å². The van der Waals surface area contributed by atoms with Crippen molar-refractivity contribution >= 4 is 38.4 Å². The van der Waals surface area contributed by atoms with E-state index in [1.54, 1.807) is 0 Å². The van der Waals surface area contributed by atoms with Gasteiger partial charge in [-0.15, -0.1) is 0 Å². The van der Waals surface area contributed by atoms with E-state index in [1.807, 2.05) is 78.9 Å². The summed E-state index contributed by atoms with van der Waals surface area (Å²) in [6.07, 6.45) is 0. The third-order valence-corrected chi connectivity index (χ3v) is 6.00. The minimum Gasteiger partial charge on any atom is -0.423 e. The van der Waals surface area contributed by atoms with E-state index in [0.717, 1.165) is 49.6 Å². The molecule has 1 N–H and O–H groups in total. The summed E-state index contributed by atoms with van der Waals surface area (Å²) < 4.78 is 7.63. The van der Waals surface area contributed by atoms with Crippen LogP contribution in [0.2, 0.25) is 0 Å². The molecule has 3 aromatic heterocycles. The summed E-state index contributed by atoms with van der Waals surface area (Å²) in [5.41, 5.74) is 6.75. The average molecular weight is 406 g/mol. The lowest BCUT2D eigenvalue weighted by Gasteiger charge is -2.08. The highest BCUT2D eigenvalue weighted by Crippen LogP contribution is 2.41. The lowest BCUT2D eigenvalue weighted by molar-refractivity contribution is 0.560. The van der Waals surface area contributed by atoms with E-state index >= 15 is 0 Å². The van der Waals surface area contributed by atoms with Crippen molar-refractivity contribution in [1.29, 1.82) is 0 Å². The van der Waals surface area contributed by atoms with Gasteiger partial charge in [-0.25, -0.2) is 4.79 Å². The molecule has 3 aromatic carbocycles. The smallest absolute Gasteiger partial charge is 0.336 e. The highest BCUT2D eigenvalue weighted by molar-refractivity contribution is 6.20. The fourth-order valence-electron chi connectivity index (χ4n) is 4.81. The van der Waals surface area contributed by atoms with Gasteiger partial charge in [-0.3, -0.25) is 4.79 Å². The molecule has 0 fully saturated rings. The van der Waals surface area contributed by atoms with Crippen LogP contribution in [0.1, 0.15) is 11.1 Å². The first-order valence-corrected chi connectivity index (χ1v) is 10.1. The second-order valence-corrected chi connectivity index (χ2v) is 7.93. The first-order chi connectivity index (χ1) is 15.0. The molecule has 0 aliphatic heterocycles. The van der Waals surface area contributed by atoms with Crippen LogP contribution in [-0.4, -0.2) is 9.38 Å². The number of aromatic amines is 1. The molecular weight excluding hydrogens is 388 g/mol. The number of benzene rings is 3. The van der Waals surface area contributed by atoms with Crippen molar-refractivity contribution in [2.24, 2.45) is 0 Å². The van der Waals surface area contributed by atoms with Gasteiger partial charge in [0, 0.05) is 22.4 Å².